The van der Waals surface area contributed by atoms with Gasteiger partial charge >= 0.3 is 0 Å². The molecule has 1 aromatic rings. The van der Waals surface area contributed by atoms with Gasteiger partial charge in [-0.15, -0.1) is 0 Å². The Morgan fingerprint density at radius 3 is 2.68 bits per heavy atom. The number of rotatable bonds is 6. The Balaban J connectivity index is 1.61. The van der Waals surface area contributed by atoms with E-state index in [-0.39, 0.29) is 0 Å². The fourth-order valence-corrected chi connectivity index (χ4v) is 3.99. The van der Waals surface area contributed by atoms with Crippen molar-refractivity contribution in [2.75, 3.05) is 18.6 Å². The molecule has 1 atom stereocenters. The number of thioether (sulfide) groups is 1. The third kappa shape index (κ3) is 3.74. The Morgan fingerprint density at radius 1 is 1.21 bits per heavy atom. The van der Waals surface area contributed by atoms with Gasteiger partial charge in [0.1, 0.15) is 0 Å². The zero-order valence-electron chi connectivity index (χ0n) is 11.8. The van der Waals surface area contributed by atoms with Crippen molar-refractivity contribution in [1.29, 1.82) is 0 Å². The van der Waals surface area contributed by atoms with Crippen molar-refractivity contribution in [2.45, 2.75) is 44.4 Å². The smallest absolute Gasteiger partial charge is 0.0237 e. The first kappa shape index (κ1) is 13.5. The molecule has 1 unspecified atom stereocenters. The summed E-state index contributed by atoms with van der Waals surface area (Å²) in [5.74, 6) is 2.64. The van der Waals surface area contributed by atoms with Gasteiger partial charge in [-0.1, -0.05) is 24.3 Å². The largest absolute Gasteiger partial charge is 0.310 e. The maximum atomic E-state index is 3.63. The molecule has 2 fully saturated rings. The van der Waals surface area contributed by atoms with Crippen LogP contribution in [0.15, 0.2) is 24.3 Å². The van der Waals surface area contributed by atoms with Crippen LogP contribution >= 0.6 is 11.8 Å². The molecule has 1 heterocycles. The average Bonchev–Trinajstić information content (AvgIpc) is 3.09. The first-order valence-electron chi connectivity index (χ1n) is 7.41. The van der Waals surface area contributed by atoms with Gasteiger partial charge in [-0.2, -0.15) is 11.8 Å². The molecule has 1 saturated carbocycles. The van der Waals surface area contributed by atoms with E-state index in [1.807, 2.05) is 0 Å². The predicted molar refractivity (Wildman–Crippen MR) is 83.5 cm³/mol. The summed E-state index contributed by atoms with van der Waals surface area (Å²) in [6, 6.07) is 10.5. The number of benzene rings is 1. The highest BCUT2D eigenvalue weighted by atomic mass is 32.2. The van der Waals surface area contributed by atoms with Crippen LogP contribution in [-0.4, -0.2) is 35.5 Å². The summed E-state index contributed by atoms with van der Waals surface area (Å²) in [5, 5.41) is 3.63. The molecular weight excluding hydrogens is 252 g/mol. The van der Waals surface area contributed by atoms with E-state index in [9.17, 15) is 0 Å². The van der Waals surface area contributed by atoms with Crippen molar-refractivity contribution in [3.8, 4) is 0 Å². The predicted octanol–water partition coefficient (Wildman–Crippen LogP) is 2.88. The summed E-state index contributed by atoms with van der Waals surface area (Å²) in [5.41, 5.74) is 2.97. The minimum absolute atomic E-state index is 0.773. The molecule has 104 valence electrons. The van der Waals surface area contributed by atoms with Crippen LogP contribution in [0.1, 0.15) is 30.4 Å². The third-order valence-electron chi connectivity index (χ3n) is 4.23. The van der Waals surface area contributed by atoms with Gasteiger partial charge in [0, 0.05) is 30.9 Å². The molecule has 3 rings (SSSR count). The van der Waals surface area contributed by atoms with Gasteiger partial charge < -0.3 is 5.32 Å². The maximum absolute atomic E-state index is 3.63. The summed E-state index contributed by atoms with van der Waals surface area (Å²) in [7, 11) is 2.28. The van der Waals surface area contributed by atoms with Crippen LogP contribution < -0.4 is 5.32 Å². The van der Waals surface area contributed by atoms with Crippen LogP contribution in [0.3, 0.4) is 0 Å². The Kier molecular flexibility index (Phi) is 4.46. The van der Waals surface area contributed by atoms with Gasteiger partial charge in [0.2, 0.25) is 0 Å². The number of hydrogen-bond acceptors (Lipinski definition) is 3. The van der Waals surface area contributed by atoms with Crippen molar-refractivity contribution in [3.05, 3.63) is 35.4 Å². The molecule has 1 aromatic carbocycles. The van der Waals surface area contributed by atoms with Crippen molar-refractivity contribution in [1.82, 2.24) is 10.2 Å². The molecule has 1 N–H and O–H groups in total. The summed E-state index contributed by atoms with van der Waals surface area (Å²) < 4.78 is 0. The zero-order valence-corrected chi connectivity index (χ0v) is 12.6. The fourth-order valence-electron chi connectivity index (χ4n) is 2.69. The van der Waals surface area contributed by atoms with E-state index in [0.717, 1.165) is 25.2 Å². The van der Waals surface area contributed by atoms with E-state index in [1.165, 1.54) is 41.9 Å². The molecule has 2 aliphatic rings. The minimum Gasteiger partial charge on any atom is -0.310 e. The van der Waals surface area contributed by atoms with Crippen LogP contribution in [-0.2, 0) is 13.1 Å². The first-order valence-corrected chi connectivity index (χ1v) is 8.56. The van der Waals surface area contributed by atoms with E-state index in [1.54, 1.807) is 0 Å². The second-order valence-electron chi connectivity index (χ2n) is 5.86. The second kappa shape index (κ2) is 6.29. The monoisotopic (exact) mass is 276 g/mol. The van der Waals surface area contributed by atoms with Crippen LogP contribution in [0.5, 0.6) is 0 Å². The maximum Gasteiger partial charge on any atom is 0.0237 e. The van der Waals surface area contributed by atoms with Crippen molar-refractivity contribution in [2.24, 2.45) is 0 Å². The summed E-state index contributed by atoms with van der Waals surface area (Å²) in [6.45, 7) is 2.13. The third-order valence-corrected chi connectivity index (χ3v) is 5.37. The highest BCUT2D eigenvalue weighted by molar-refractivity contribution is 7.99. The molecule has 0 amide bonds. The normalized spacial score (nSPS) is 23.2. The molecule has 3 heteroatoms. The van der Waals surface area contributed by atoms with E-state index in [0.29, 0.717) is 0 Å². The lowest BCUT2D eigenvalue weighted by atomic mass is 10.1. The molecule has 0 aromatic heterocycles. The van der Waals surface area contributed by atoms with Crippen LogP contribution in [0.4, 0.5) is 0 Å². The number of hydrogen-bond donors (Lipinski definition) is 1. The molecule has 1 aliphatic heterocycles. The Morgan fingerprint density at radius 2 is 2.00 bits per heavy atom. The summed E-state index contributed by atoms with van der Waals surface area (Å²) in [4.78, 5) is 2.54. The van der Waals surface area contributed by atoms with E-state index >= 15 is 0 Å². The molecule has 19 heavy (non-hydrogen) atoms. The lowest BCUT2D eigenvalue weighted by Gasteiger charge is -2.24. The first-order chi connectivity index (χ1) is 9.33. The van der Waals surface area contributed by atoms with Crippen LogP contribution in [0, 0.1) is 0 Å². The van der Waals surface area contributed by atoms with E-state index < -0.39 is 0 Å². The van der Waals surface area contributed by atoms with Crippen molar-refractivity contribution < 1.29 is 0 Å². The molecule has 2 nitrogen and oxygen atoms in total. The van der Waals surface area contributed by atoms with Gasteiger partial charge in [0.15, 0.2) is 0 Å². The summed E-state index contributed by atoms with van der Waals surface area (Å²) >= 11 is 2.09. The van der Waals surface area contributed by atoms with Gasteiger partial charge in [0.25, 0.3) is 0 Å². The van der Waals surface area contributed by atoms with E-state index in [4.69, 9.17) is 0 Å². The highest BCUT2D eigenvalue weighted by Crippen LogP contribution is 2.24. The summed E-state index contributed by atoms with van der Waals surface area (Å²) in [6.07, 6.45) is 4.08. The van der Waals surface area contributed by atoms with Gasteiger partial charge in [-0.25, -0.2) is 0 Å². The Bertz CT molecular complexity index is 411. The SMILES string of the molecule is CN(Cc1ccccc1CNC1CC1)C1CCSC1. The Labute approximate surface area is 121 Å². The quantitative estimate of drug-likeness (QED) is 0.860. The minimum atomic E-state index is 0.773. The molecule has 0 radical (unpaired) electrons. The standard InChI is InChI=1S/C16H24N2S/c1-18(16-8-9-19-12-16)11-14-5-3-2-4-13(14)10-17-15-6-7-15/h2-5,15-17H,6-12H2,1H3. The number of nitrogens with one attached hydrogen (secondary N) is 1. The molecule has 1 saturated heterocycles. The van der Waals surface area contributed by atoms with Crippen molar-refractivity contribution >= 4 is 11.8 Å². The van der Waals surface area contributed by atoms with Gasteiger partial charge in [0.05, 0.1) is 0 Å². The van der Waals surface area contributed by atoms with E-state index in [2.05, 4.69) is 53.3 Å². The molecule has 0 spiro atoms. The number of nitrogens with zero attached hydrogens (tertiary/aromatic N) is 1. The highest BCUT2D eigenvalue weighted by Gasteiger charge is 2.22. The van der Waals surface area contributed by atoms with Gasteiger partial charge in [-0.05, 0) is 43.2 Å². The topological polar surface area (TPSA) is 15.3 Å². The average molecular weight is 276 g/mol. The lowest BCUT2D eigenvalue weighted by Crippen LogP contribution is -2.31. The van der Waals surface area contributed by atoms with Crippen molar-refractivity contribution in [3.63, 3.8) is 0 Å². The molecule has 0 bridgehead atoms. The zero-order chi connectivity index (χ0) is 13.1. The lowest BCUT2D eigenvalue weighted by molar-refractivity contribution is 0.253. The second-order valence-corrected chi connectivity index (χ2v) is 7.01. The van der Waals surface area contributed by atoms with Crippen LogP contribution in [0.2, 0.25) is 0 Å². The van der Waals surface area contributed by atoms with Crippen LogP contribution in [0.25, 0.3) is 0 Å². The van der Waals surface area contributed by atoms with Gasteiger partial charge in [-0.3, -0.25) is 4.90 Å². The Hall–Kier alpha value is -0.510. The fraction of sp³-hybridized carbons (Fsp3) is 0.625. The molecule has 1 aliphatic carbocycles. The molecular formula is C16H24N2S.